The minimum Gasteiger partial charge on any atom is -0.491 e. The molecule has 7 heteroatoms. The SMILES string of the molecule is Cc1ccc(S(=O)(=O)Nc2cccc(C(=O)Nc3cccc(OC(C)C)c3)c2C)cc1. The molecule has 0 fully saturated rings. The molecule has 0 aromatic heterocycles. The van der Waals surface area contributed by atoms with Crippen LogP contribution in [-0.4, -0.2) is 20.4 Å². The maximum absolute atomic E-state index is 12.9. The Morgan fingerprint density at radius 2 is 1.61 bits per heavy atom. The van der Waals surface area contributed by atoms with Crippen LogP contribution < -0.4 is 14.8 Å². The van der Waals surface area contributed by atoms with Gasteiger partial charge in [-0.2, -0.15) is 0 Å². The first kappa shape index (κ1) is 22.4. The van der Waals surface area contributed by atoms with Gasteiger partial charge in [0.25, 0.3) is 15.9 Å². The highest BCUT2D eigenvalue weighted by Gasteiger charge is 2.18. The van der Waals surface area contributed by atoms with E-state index in [1.54, 1.807) is 67.6 Å². The Hall–Kier alpha value is -3.32. The monoisotopic (exact) mass is 438 g/mol. The Labute approximate surface area is 183 Å². The summed E-state index contributed by atoms with van der Waals surface area (Å²) >= 11 is 0. The van der Waals surface area contributed by atoms with Crippen LogP contribution in [0.3, 0.4) is 0 Å². The lowest BCUT2D eigenvalue weighted by Gasteiger charge is -2.15. The van der Waals surface area contributed by atoms with E-state index in [1.807, 2.05) is 26.8 Å². The van der Waals surface area contributed by atoms with Crippen LogP contribution in [0.4, 0.5) is 11.4 Å². The average molecular weight is 439 g/mol. The zero-order valence-corrected chi connectivity index (χ0v) is 18.8. The normalized spacial score (nSPS) is 11.3. The zero-order chi connectivity index (χ0) is 22.6. The largest absolute Gasteiger partial charge is 0.491 e. The topological polar surface area (TPSA) is 84.5 Å². The van der Waals surface area contributed by atoms with E-state index in [4.69, 9.17) is 4.74 Å². The molecule has 0 aliphatic heterocycles. The molecule has 0 atom stereocenters. The van der Waals surface area contributed by atoms with Crippen molar-refractivity contribution in [2.45, 2.75) is 38.7 Å². The Bertz CT molecular complexity index is 1190. The maximum Gasteiger partial charge on any atom is 0.261 e. The molecule has 0 heterocycles. The van der Waals surface area contributed by atoms with Crippen LogP contribution in [0.15, 0.2) is 71.6 Å². The van der Waals surface area contributed by atoms with Gasteiger partial charge in [-0.25, -0.2) is 8.42 Å². The van der Waals surface area contributed by atoms with Crippen LogP contribution in [0.2, 0.25) is 0 Å². The van der Waals surface area contributed by atoms with Gasteiger partial charge in [0.1, 0.15) is 5.75 Å². The number of hydrogen-bond acceptors (Lipinski definition) is 4. The first-order valence-corrected chi connectivity index (χ1v) is 11.4. The van der Waals surface area contributed by atoms with Gasteiger partial charge < -0.3 is 10.1 Å². The fourth-order valence-electron chi connectivity index (χ4n) is 3.03. The lowest BCUT2D eigenvalue weighted by atomic mass is 10.1. The van der Waals surface area contributed by atoms with Crippen molar-refractivity contribution in [1.82, 2.24) is 0 Å². The number of aryl methyl sites for hydroxylation is 1. The molecule has 3 aromatic carbocycles. The van der Waals surface area contributed by atoms with Crippen molar-refractivity contribution in [1.29, 1.82) is 0 Å². The van der Waals surface area contributed by atoms with E-state index < -0.39 is 10.0 Å². The molecule has 0 radical (unpaired) electrons. The van der Waals surface area contributed by atoms with Crippen molar-refractivity contribution >= 4 is 27.3 Å². The summed E-state index contributed by atoms with van der Waals surface area (Å²) in [4.78, 5) is 13.0. The molecule has 162 valence electrons. The molecule has 3 aromatic rings. The molecule has 0 bridgehead atoms. The number of anilines is 2. The summed E-state index contributed by atoms with van der Waals surface area (Å²) in [7, 11) is -3.77. The van der Waals surface area contributed by atoms with Gasteiger partial charge in [-0.05, 0) is 69.7 Å². The zero-order valence-electron chi connectivity index (χ0n) is 18.0. The summed E-state index contributed by atoms with van der Waals surface area (Å²) in [5.41, 5.74) is 2.82. The minimum absolute atomic E-state index is 0.0198. The number of carbonyl (C=O) groups excluding carboxylic acids is 1. The fourth-order valence-corrected chi connectivity index (χ4v) is 4.15. The summed E-state index contributed by atoms with van der Waals surface area (Å²) in [5, 5.41) is 2.84. The molecule has 6 nitrogen and oxygen atoms in total. The molecule has 31 heavy (non-hydrogen) atoms. The second kappa shape index (κ2) is 9.22. The van der Waals surface area contributed by atoms with E-state index in [2.05, 4.69) is 10.0 Å². The van der Waals surface area contributed by atoms with Crippen molar-refractivity contribution in [2.24, 2.45) is 0 Å². The van der Waals surface area contributed by atoms with Gasteiger partial charge in [-0.3, -0.25) is 9.52 Å². The molecule has 1 amide bonds. The predicted molar refractivity (Wildman–Crippen MR) is 123 cm³/mol. The average Bonchev–Trinajstić information content (AvgIpc) is 2.69. The van der Waals surface area contributed by atoms with Gasteiger partial charge in [-0.15, -0.1) is 0 Å². The minimum atomic E-state index is -3.77. The van der Waals surface area contributed by atoms with Crippen molar-refractivity contribution in [3.05, 3.63) is 83.4 Å². The third-order valence-electron chi connectivity index (χ3n) is 4.62. The standard InChI is InChI=1S/C24H26N2O4S/c1-16(2)30-20-8-5-7-19(15-20)25-24(27)22-9-6-10-23(18(22)4)26-31(28,29)21-13-11-17(3)12-14-21/h5-16,26H,1-4H3,(H,25,27). The number of ether oxygens (including phenoxy) is 1. The summed E-state index contributed by atoms with van der Waals surface area (Å²) in [5.74, 6) is 0.319. The molecule has 0 aliphatic carbocycles. The lowest BCUT2D eigenvalue weighted by molar-refractivity contribution is 0.102. The Kier molecular flexibility index (Phi) is 6.65. The highest BCUT2D eigenvalue weighted by Crippen LogP contribution is 2.25. The first-order chi connectivity index (χ1) is 14.7. The summed E-state index contributed by atoms with van der Waals surface area (Å²) in [6, 6.07) is 18.6. The van der Waals surface area contributed by atoms with Gasteiger partial charge in [0.05, 0.1) is 16.7 Å². The van der Waals surface area contributed by atoms with Crippen LogP contribution in [-0.2, 0) is 10.0 Å². The summed E-state index contributed by atoms with van der Waals surface area (Å²) in [6.45, 7) is 7.45. The smallest absolute Gasteiger partial charge is 0.261 e. The molecule has 0 unspecified atom stereocenters. The fraction of sp³-hybridized carbons (Fsp3) is 0.208. The Balaban J connectivity index is 1.82. The molecule has 0 spiro atoms. The van der Waals surface area contributed by atoms with Gasteiger partial charge in [0, 0.05) is 17.3 Å². The van der Waals surface area contributed by atoms with E-state index in [0.717, 1.165) is 5.56 Å². The highest BCUT2D eigenvalue weighted by atomic mass is 32.2. The highest BCUT2D eigenvalue weighted by molar-refractivity contribution is 7.92. The van der Waals surface area contributed by atoms with E-state index in [-0.39, 0.29) is 16.9 Å². The predicted octanol–water partition coefficient (Wildman–Crippen LogP) is 5.14. The number of carbonyl (C=O) groups is 1. The molecule has 2 N–H and O–H groups in total. The number of nitrogens with one attached hydrogen (secondary N) is 2. The summed E-state index contributed by atoms with van der Waals surface area (Å²) < 4.78 is 33.7. The molecular weight excluding hydrogens is 412 g/mol. The van der Waals surface area contributed by atoms with Crippen molar-refractivity contribution in [2.75, 3.05) is 10.0 Å². The van der Waals surface area contributed by atoms with Crippen LogP contribution in [0.25, 0.3) is 0 Å². The van der Waals surface area contributed by atoms with Crippen LogP contribution in [0, 0.1) is 13.8 Å². The lowest BCUT2D eigenvalue weighted by Crippen LogP contribution is -2.17. The van der Waals surface area contributed by atoms with Gasteiger partial charge in [0.2, 0.25) is 0 Å². The molecule has 0 saturated heterocycles. The van der Waals surface area contributed by atoms with Crippen LogP contribution in [0.1, 0.15) is 35.3 Å². The third kappa shape index (κ3) is 5.64. The van der Waals surface area contributed by atoms with Crippen molar-refractivity contribution in [3.8, 4) is 5.75 Å². The number of amides is 1. The molecule has 0 aliphatic rings. The second-order valence-electron chi connectivity index (χ2n) is 7.55. The number of rotatable bonds is 7. The number of hydrogen-bond donors (Lipinski definition) is 2. The molecule has 3 rings (SSSR count). The molecule has 0 saturated carbocycles. The van der Waals surface area contributed by atoms with E-state index >= 15 is 0 Å². The maximum atomic E-state index is 12.9. The van der Waals surface area contributed by atoms with Crippen LogP contribution >= 0.6 is 0 Å². The second-order valence-corrected chi connectivity index (χ2v) is 9.23. The van der Waals surface area contributed by atoms with Gasteiger partial charge in [0.15, 0.2) is 0 Å². The van der Waals surface area contributed by atoms with Crippen molar-refractivity contribution < 1.29 is 17.9 Å². The number of benzene rings is 3. The third-order valence-corrected chi connectivity index (χ3v) is 6.00. The van der Waals surface area contributed by atoms with Crippen molar-refractivity contribution in [3.63, 3.8) is 0 Å². The quantitative estimate of drug-likeness (QED) is 0.535. The van der Waals surface area contributed by atoms with E-state index in [9.17, 15) is 13.2 Å². The first-order valence-electron chi connectivity index (χ1n) is 9.93. The molecular formula is C24H26N2O4S. The summed E-state index contributed by atoms with van der Waals surface area (Å²) in [6.07, 6.45) is 0.0198. The van der Waals surface area contributed by atoms with Crippen LogP contribution in [0.5, 0.6) is 5.75 Å². The Morgan fingerprint density at radius 3 is 2.29 bits per heavy atom. The number of sulfonamides is 1. The van der Waals surface area contributed by atoms with E-state index in [1.165, 1.54) is 0 Å². The Morgan fingerprint density at radius 1 is 0.935 bits per heavy atom. The van der Waals surface area contributed by atoms with Gasteiger partial charge >= 0.3 is 0 Å². The van der Waals surface area contributed by atoms with E-state index in [0.29, 0.717) is 28.3 Å². The van der Waals surface area contributed by atoms with Gasteiger partial charge in [-0.1, -0.05) is 29.8 Å².